The van der Waals surface area contributed by atoms with Gasteiger partial charge in [0.05, 0.1) is 16.7 Å². The smallest absolute Gasteiger partial charge is 0.135 e. The molecule has 0 spiro atoms. The van der Waals surface area contributed by atoms with E-state index in [-0.39, 0.29) is 6.04 Å². The number of thiazole rings is 1. The molecule has 1 atom stereocenters. The summed E-state index contributed by atoms with van der Waals surface area (Å²) < 4.78 is 0. The van der Waals surface area contributed by atoms with E-state index in [1.807, 2.05) is 6.92 Å². The topological polar surface area (TPSA) is 62.7 Å². The van der Waals surface area contributed by atoms with E-state index in [9.17, 15) is 0 Å². The van der Waals surface area contributed by atoms with Crippen LogP contribution < -0.4 is 10.6 Å². The Hall–Kier alpha value is -1.69. The Balaban J connectivity index is 2.26. The van der Waals surface area contributed by atoms with Crippen LogP contribution in [-0.2, 0) is 6.42 Å². The van der Waals surface area contributed by atoms with Crippen molar-refractivity contribution in [2.45, 2.75) is 47.1 Å². The number of hydrogen-bond acceptors (Lipinski definition) is 6. The lowest BCUT2D eigenvalue weighted by Gasteiger charge is -2.18. The second-order valence-electron chi connectivity index (χ2n) is 4.98. The molecule has 6 heteroatoms. The van der Waals surface area contributed by atoms with E-state index in [4.69, 9.17) is 0 Å². The Kier molecular flexibility index (Phi) is 5.12. The molecule has 2 rings (SSSR count). The van der Waals surface area contributed by atoms with Crippen LogP contribution in [0.2, 0.25) is 0 Å². The summed E-state index contributed by atoms with van der Waals surface area (Å²) in [6.45, 7) is 11.3. The van der Waals surface area contributed by atoms with E-state index in [0.29, 0.717) is 0 Å². The zero-order valence-electron chi connectivity index (χ0n) is 13.3. The maximum Gasteiger partial charge on any atom is 0.135 e. The van der Waals surface area contributed by atoms with Gasteiger partial charge in [0.2, 0.25) is 0 Å². The molecule has 114 valence electrons. The van der Waals surface area contributed by atoms with Crippen LogP contribution in [0.25, 0.3) is 0 Å². The summed E-state index contributed by atoms with van der Waals surface area (Å²) in [6, 6.07) is 0.186. The zero-order valence-corrected chi connectivity index (χ0v) is 14.1. The minimum absolute atomic E-state index is 0.186. The Morgan fingerprint density at radius 2 is 1.90 bits per heavy atom. The fourth-order valence-electron chi connectivity index (χ4n) is 2.41. The zero-order chi connectivity index (χ0) is 15.4. The summed E-state index contributed by atoms with van der Waals surface area (Å²) in [6.07, 6.45) is 2.50. The second-order valence-corrected chi connectivity index (χ2v) is 6.22. The number of aromatic nitrogens is 3. The Morgan fingerprint density at radius 1 is 1.19 bits per heavy atom. The van der Waals surface area contributed by atoms with Crippen LogP contribution in [0.3, 0.4) is 0 Å². The highest BCUT2D eigenvalue weighted by atomic mass is 32.1. The van der Waals surface area contributed by atoms with Crippen molar-refractivity contribution >= 4 is 23.0 Å². The van der Waals surface area contributed by atoms with Gasteiger partial charge in [-0.1, -0.05) is 6.92 Å². The maximum atomic E-state index is 4.50. The number of aryl methyl sites for hydroxylation is 2. The van der Waals surface area contributed by atoms with Crippen molar-refractivity contribution in [2.24, 2.45) is 0 Å². The first-order valence-corrected chi connectivity index (χ1v) is 8.16. The van der Waals surface area contributed by atoms with E-state index in [1.165, 1.54) is 4.88 Å². The van der Waals surface area contributed by atoms with Gasteiger partial charge in [-0.15, -0.1) is 11.3 Å². The lowest BCUT2D eigenvalue weighted by Crippen LogP contribution is -2.12. The van der Waals surface area contributed by atoms with Gasteiger partial charge in [-0.2, -0.15) is 0 Å². The van der Waals surface area contributed by atoms with Crippen molar-refractivity contribution in [1.29, 1.82) is 0 Å². The van der Waals surface area contributed by atoms with Crippen LogP contribution in [0.4, 0.5) is 11.6 Å². The van der Waals surface area contributed by atoms with Gasteiger partial charge in [-0.25, -0.2) is 15.0 Å². The van der Waals surface area contributed by atoms with E-state index >= 15 is 0 Å². The number of anilines is 2. The highest BCUT2D eigenvalue weighted by Crippen LogP contribution is 2.29. The Bertz CT molecular complexity index is 608. The normalized spacial score (nSPS) is 12.2. The highest BCUT2D eigenvalue weighted by Gasteiger charge is 2.16. The fraction of sp³-hybridized carbons (Fsp3) is 0.533. The second kappa shape index (κ2) is 6.85. The molecule has 5 nitrogen and oxygen atoms in total. The van der Waals surface area contributed by atoms with Gasteiger partial charge < -0.3 is 10.6 Å². The van der Waals surface area contributed by atoms with Gasteiger partial charge in [-0.3, -0.25) is 0 Å². The number of nitrogens with zero attached hydrogens (tertiary/aromatic N) is 3. The summed E-state index contributed by atoms with van der Waals surface area (Å²) in [7, 11) is 0. The predicted molar refractivity (Wildman–Crippen MR) is 89.2 cm³/mol. The van der Waals surface area contributed by atoms with Crippen molar-refractivity contribution in [2.75, 3.05) is 17.2 Å². The van der Waals surface area contributed by atoms with Crippen LogP contribution in [0.15, 0.2) is 6.33 Å². The van der Waals surface area contributed by atoms with Crippen molar-refractivity contribution in [3.63, 3.8) is 0 Å². The third kappa shape index (κ3) is 3.50. The molecule has 0 aliphatic rings. The summed E-state index contributed by atoms with van der Waals surface area (Å²) in [5.41, 5.74) is 2.22. The molecule has 0 saturated heterocycles. The molecule has 0 aromatic carbocycles. The SMILES string of the molecule is CCNc1ncnc(NC(C)c2sc(C)nc2C)c1CC. The average Bonchev–Trinajstić information content (AvgIpc) is 2.78. The monoisotopic (exact) mass is 305 g/mol. The molecular formula is C15H23N5S. The van der Waals surface area contributed by atoms with Gasteiger partial charge in [0.25, 0.3) is 0 Å². The molecule has 2 heterocycles. The highest BCUT2D eigenvalue weighted by molar-refractivity contribution is 7.11. The van der Waals surface area contributed by atoms with Crippen LogP contribution in [0, 0.1) is 13.8 Å². The first kappa shape index (κ1) is 15.7. The van der Waals surface area contributed by atoms with E-state index in [2.05, 4.69) is 53.3 Å². The molecule has 21 heavy (non-hydrogen) atoms. The third-order valence-corrected chi connectivity index (χ3v) is 4.58. The minimum Gasteiger partial charge on any atom is -0.370 e. The number of nitrogens with one attached hydrogen (secondary N) is 2. The molecule has 0 saturated carbocycles. The summed E-state index contributed by atoms with van der Waals surface area (Å²) in [5, 5.41) is 7.90. The molecular weight excluding hydrogens is 282 g/mol. The lowest BCUT2D eigenvalue weighted by molar-refractivity contribution is 0.867. The van der Waals surface area contributed by atoms with E-state index in [0.717, 1.165) is 40.9 Å². The first-order chi connectivity index (χ1) is 10.1. The molecule has 0 bridgehead atoms. The largest absolute Gasteiger partial charge is 0.370 e. The van der Waals surface area contributed by atoms with Crippen molar-refractivity contribution in [1.82, 2.24) is 15.0 Å². The Labute approximate surface area is 130 Å². The van der Waals surface area contributed by atoms with E-state index < -0.39 is 0 Å². The third-order valence-electron chi connectivity index (χ3n) is 3.33. The van der Waals surface area contributed by atoms with Gasteiger partial charge in [-0.05, 0) is 34.1 Å². The molecule has 0 radical (unpaired) electrons. The quantitative estimate of drug-likeness (QED) is 0.851. The molecule has 1 unspecified atom stereocenters. The lowest BCUT2D eigenvalue weighted by atomic mass is 10.2. The van der Waals surface area contributed by atoms with Crippen molar-refractivity contribution in [3.8, 4) is 0 Å². The van der Waals surface area contributed by atoms with Crippen LogP contribution in [-0.4, -0.2) is 21.5 Å². The fourth-order valence-corrected chi connectivity index (χ4v) is 3.34. The number of hydrogen-bond donors (Lipinski definition) is 2. The molecule has 0 aliphatic heterocycles. The molecule has 0 amide bonds. The summed E-state index contributed by atoms with van der Waals surface area (Å²) in [5.74, 6) is 1.82. The van der Waals surface area contributed by atoms with Gasteiger partial charge in [0.1, 0.15) is 18.0 Å². The molecule has 0 aliphatic carbocycles. The predicted octanol–water partition coefficient (Wildman–Crippen LogP) is 3.72. The number of rotatable bonds is 6. The van der Waals surface area contributed by atoms with Gasteiger partial charge >= 0.3 is 0 Å². The summed E-state index contributed by atoms with van der Waals surface area (Å²) >= 11 is 1.74. The molecule has 2 aromatic heterocycles. The Morgan fingerprint density at radius 3 is 2.48 bits per heavy atom. The van der Waals surface area contributed by atoms with Crippen LogP contribution in [0.1, 0.15) is 48.0 Å². The average molecular weight is 305 g/mol. The standard InChI is InChI=1S/C15H23N5S/c1-6-12-14(16-7-2)17-8-18-15(12)20-10(4)13-9(3)19-11(5)21-13/h8,10H,6-7H2,1-5H3,(H2,16,17,18,20). The van der Waals surface area contributed by atoms with Crippen LogP contribution >= 0.6 is 11.3 Å². The molecule has 2 N–H and O–H groups in total. The van der Waals surface area contributed by atoms with Crippen molar-refractivity contribution in [3.05, 3.63) is 27.5 Å². The molecule has 2 aromatic rings. The first-order valence-electron chi connectivity index (χ1n) is 7.35. The van der Waals surface area contributed by atoms with Gasteiger partial charge in [0, 0.05) is 17.0 Å². The van der Waals surface area contributed by atoms with Crippen LogP contribution in [0.5, 0.6) is 0 Å². The minimum atomic E-state index is 0.186. The molecule has 0 fully saturated rings. The maximum absolute atomic E-state index is 4.50. The van der Waals surface area contributed by atoms with Gasteiger partial charge in [0.15, 0.2) is 0 Å². The van der Waals surface area contributed by atoms with E-state index in [1.54, 1.807) is 17.7 Å². The van der Waals surface area contributed by atoms with Crippen molar-refractivity contribution < 1.29 is 0 Å². The summed E-state index contributed by atoms with van der Waals surface area (Å²) in [4.78, 5) is 14.5.